The van der Waals surface area contributed by atoms with Gasteiger partial charge in [-0.25, -0.2) is 0 Å². The molecule has 0 saturated heterocycles. The number of rotatable bonds is 10. The van der Waals surface area contributed by atoms with Crippen molar-refractivity contribution in [3.8, 4) is 0 Å². The van der Waals surface area contributed by atoms with Gasteiger partial charge in [-0.15, -0.1) is 0 Å². The standard InChI is InChI=1S/C12H27NO2/c1-4-9-13-12(5-2,11-14)8-7-10-15-6-3/h13-14H,4-11H2,1-3H3. The summed E-state index contributed by atoms with van der Waals surface area (Å²) >= 11 is 0. The van der Waals surface area contributed by atoms with E-state index in [1.807, 2.05) is 6.92 Å². The second-order valence-corrected chi connectivity index (χ2v) is 4.02. The van der Waals surface area contributed by atoms with Crippen molar-refractivity contribution in [3.05, 3.63) is 0 Å². The summed E-state index contributed by atoms with van der Waals surface area (Å²) in [6.07, 6.45) is 4.07. The average Bonchev–Trinajstić information content (AvgIpc) is 2.29. The van der Waals surface area contributed by atoms with Crippen LogP contribution in [-0.2, 0) is 4.74 Å². The van der Waals surface area contributed by atoms with Gasteiger partial charge in [-0.1, -0.05) is 13.8 Å². The maximum absolute atomic E-state index is 9.46. The molecule has 1 unspecified atom stereocenters. The lowest BCUT2D eigenvalue weighted by atomic mass is 9.91. The number of aliphatic hydroxyl groups is 1. The van der Waals surface area contributed by atoms with Crippen molar-refractivity contribution >= 4 is 0 Å². The van der Waals surface area contributed by atoms with Crippen molar-refractivity contribution in [1.29, 1.82) is 0 Å². The Labute approximate surface area is 94.2 Å². The van der Waals surface area contributed by atoms with Gasteiger partial charge in [0.15, 0.2) is 0 Å². The third-order valence-corrected chi connectivity index (χ3v) is 2.88. The van der Waals surface area contributed by atoms with Crippen LogP contribution in [0.3, 0.4) is 0 Å². The van der Waals surface area contributed by atoms with Crippen LogP contribution in [0.5, 0.6) is 0 Å². The molecule has 3 heteroatoms. The molecule has 0 amide bonds. The van der Waals surface area contributed by atoms with E-state index in [2.05, 4.69) is 19.2 Å². The quantitative estimate of drug-likeness (QED) is 0.550. The number of hydrogen-bond donors (Lipinski definition) is 2. The molecule has 0 radical (unpaired) electrons. The number of ether oxygens (including phenoxy) is 1. The number of nitrogens with one attached hydrogen (secondary N) is 1. The Kier molecular flexibility index (Phi) is 9.06. The molecule has 0 aliphatic carbocycles. The molecule has 1 atom stereocenters. The van der Waals surface area contributed by atoms with E-state index in [4.69, 9.17) is 4.74 Å². The predicted molar refractivity (Wildman–Crippen MR) is 64.1 cm³/mol. The highest BCUT2D eigenvalue weighted by atomic mass is 16.5. The molecular formula is C12H27NO2. The molecule has 0 heterocycles. The first-order chi connectivity index (χ1) is 7.24. The van der Waals surface area contributed by atoms with Crippen LogP contribution < -0.4 is 5.32 Å². The normalized spacial score (nSPS) is 15.2. The Morgan fingerprint density at radius 2 is 2.00 bits per heavy atom. The molecule has 0 rings (SSSR count). The third-order valence-electron chi connectivity index (χ3n) is 2.88. The minimum absolute atomic E-state index is 0.0902. The van der Waals surface area contributed by atoms with E-state index < -0.39 is 0 Å². The molecule has 0 spiro atoms. The van der Waals surface area contributed by atoms with Crippen molar-refractivity contribution in [2.75, 3.05) is 26.4 Å². The number of aliphatic hydroxyl groups excluding tert-OH is 1. The lowest BCUT2D eigenvalue weighted by molar-refractivity contribution is 0.109. The van der Waals surface area contributed by atoms with Gasteiger partial charge in [-0.2, -0.15) is 0 Å². The minimum atomic E-state index is -0.0902. The van der Waals surface area contributed by atoms with Gasteiger partial charge in [-0.05, 0) is 39.2 Å². The molecule has 3 nitrogen and oxygen atoms in total. The van der Waals surface area contributed by atoms with Crippen LogP contribution in [0.1, 0.15) is 46.5 Å². The van der Waals surface area contributed by atoms with E-state index >= 15 is 0 Å². The molecule has 2 N–H and O–H groups in total. The first-order valence-corrected chi connectivity index (χ1v) is 6.18. The zero-order chi connectivity index (χ0) is 11.6. The van der Waals surface area contributed by atoms with Crippen LogP contribution in [0, 0.1) is 0 Å². The zero-order valence-corrected chi connectivity index (χ0v) is 10.5. The molecular weight excluding hydrogens is 190 g/mol. The highest BCUT2D eigenvalue weighted by Gasteiger charge is 2.25. The minimum Gasteiger partial charge on any atom is -0.394 e. The van der Waals surface area contributed by atoms with E-state index in [9.17, 15) is 5.11 Å². The van der Waals surface area contributed by atoms with E-state index in [1.54, 1.807) is 0 Å². The highest BCUT2D eigenvalue weighted by molar-refractivity contribution is 4.85. The molecule has 15 heavy (non-hydrogen) atoms. The number of hydrogen-bond acceptors (Lipinski definition) is 3. The molecule has 0 saturated carbocycles. The highest BCUT2D eigenvalue weighted by Crippen LogP contribution is 2.17. The summed E-state index contributed by atoms with van der Waals surface area (Å²) in [5, 5.41) is 12.9. The molecule has 0 fully saturated rings. The maximum atomic E-state index is 9.46. The summed E-state index contributed by atoms with van der Waals surface area (Å²) in [6.45, 7) is 9.05. The Hall–Kier alpha value is -0.120. The van der Waals surface area contributed by atoms with Crippen molar-refractivity contribution in [3.63, 3.8) is 0 Å². The summed E-state index contributed by atoms with van der Waals surface area (Å²) in [5.41, 5.74) is -0.0902. The largest absolute Gasteiger partial charge is 0.394 e. The summed E-state index contributed by atoms with van der Waals surface area (Å²) in [6, 6.07) is 0. The average molecular weight is 217 g/mol. The van der Waals surface area contributed by atoms with Gasteiger partial charge in [0.25, 0.3) is 0 Å². The second-order valence-electron chi connectivity index (χ2n) is 4.02. The van der Waals surface area contributed by atoms with Crippen molar-refractivity contribution in [2.45, 2.75) is 52.0 Å². The zero-order valence-electron chi connectivity index (χ0n) is 10.5. The SMILES string of the molecule is CCCNC(CC)(CO)CCCOCC. The Balaban J connectivity index is 3.88. The lowest BCUT2D eigenvalue weighted by Crippen LogP contribution is -2.48. The molecule has 0 bridgehead atoms. The molecule has 0 aliphatic rings. The van der Waals surface area contributed by atoms with Gasteiger partial charge in [0.2, 0.25) is 0 Å². The van der Waals surface area contributed by atoms with Gasteiger partial charge < -0.3 is 15.2 Å². The predicted octanol–water partition coefficient (Wildman–Crippen LogP) is 1.94. The van der Waals surface area contributed by atoms with Crippen molar-refractivity contribution in [1.82, 2.24) is 5.32 Å². The van der Waals surface area contributed by atoms with Crippen molar-refractivity contribution in [2.24, 2.45) is 0 Å². The molecule has 0 aliphatic heterocycles. The van der Waals surface area contributed by atoms with Gasteiger partial charge in [0.1, 0.15) is 0 Å². The van der Waals surface area contributed by atoms with E-state index in [0.29, 0.717) is 0 Å². The van der Waals surface area contributed by atoms with Gasteiger partial charge >= 0.3 is 0 Å². The Morgan fingerprint density at radius 1 is 1.27 bits per heavy atom. The van der Waals surface area contributed by atoms with Crippen LogP contribution in [0.4, 0.5) is 0 Å². The summed E-state index contributed by atoms with van der Waals surface area (Å²) < 4.78 is 5.31. The fourth-order valence-corrected chi connectivity index (χ4v) is 1.68. The van der Waals surface area contributed by atoms with Gasteiger partial charge in [0, 0.05) is 18.8 Å². The first kappa shape index (κ1) is 14.9. The lowest BCUT2D eigenvalue weighted by Gasteiger charge is -2.32. The second kappa shape index (κ2) is 9.13. The van der Waals surface area contributed by atoms with Crippen LogP contribution in [0.25, 0.3) is 0 Å². The summed E-state index contributed by atoms with van der Waals surface area (Å²) in [7, 11) is 0. The summed E-state index contributed by atoms with van der Waals surface area (Å²) in [5.74, 6) is 0. The fraction of sp³-hybridized carbons (Fsp3) is 1.00. The Bertz CT molecular complexity index is 136. The van der Waals surface area contributed by atoms with E-state index in [-0.39, 0.29) is 12.1 Å². The van der Waals surface area contributed by atoms with Gasteiger partial charge in [-0.3, -0.25) is 0 Å². The van der Waals surface area contributed by atoms with Gasteiger partial charge in [0.05, 0.1) is 6.61 Å². The monoisotopic (exact) mass is 217 g/mol. The fourth-order valence-electron chi connectivity index (χ4n) is 1.68. The third kappa shape index (κ3) is 6.13. The van der Waals surface area contributed by atoms with E-state index in [0.717, 1.165) is 45.4 Å². The maximum Gasteiger partial charge on any atom is 0.0613 e. The van der Waals surface area contributed by atoms with Crippen LogP contribution >= 0.6 is 0 Å². The molecule has 0 aromatic heterocycles. The van der Waals surface area contributed by atoms with Crippen molar-refractivity contribution < 1.29 is 9.84 Å². The van der Waals surface area contributed by atoms with E-state index in [1.165, 1.54) is 0 Å². The smallest absolute Gasteiger partial charge is 0.0613 e. The molecule has 92 valence electrons. The van der Waals surface area contributed by atoms with Crippen LogP contribution in [-0.4, -0.2) is 37.0 Å². The molecule has 0 aromatic carbocycles. The Morgan fingerprint density at radius 3 is 2.47 bits per heavy atom. The molecule has 0 aromatic rings. The van der Waals surface area contributed by atoms with Crippen LogP contribution in [0.2, 0.25) is 0 Å². The topological polar surface area (TPSA) is 41.5 Å². The first-order valence-electron chi connectivity index (χ1n) is 6.18. The van der Waals surface area contributed by atoms with Crippen LogP contribution in [0.15, 0.2) is 0 Å². The summed E-state index contributed by atoms with van der Waals surface area (Å²) in [4.78, 5) is 0.